The molecule has 0 radical (unpaired) electrons. The molecule has 0 aromatic heterocycles. The third-order valence-electron chi connectivity index (χ3n) is 3.97. The fourth-order valence-corrected chi connectivity index (χ4v) is 2.46. The maximum absolute atomic E-state index is 9.19. The lowest BCUT2D eigenvalue weighted by Gasteiger charge is -2.37. The summed E-state index contributed by atoms with van der Waals surface area (Å²) in [6.45, 7) is 12.6. The SMILES string of the molecule is CCC(C)N1CCN(CCCCC(C)O)CC1. The normalized spacial score (nSPS) is 22.6. The van der Waals surface area contributed by atoms with Crippen LogP contribution < -0.4 is 0 Å². The summed E-state index contributed by atoms with van der Waals surface area (Å²) in [6.07, 6.45) is 4.47. The molecule has 17 heavy (non-hydrogen) atoms. The van der Waals surface area contributed by atoms with Gasteiger partial charge in [0.25, 0.3) is 0 Å². The molecule has 0 amide bonds. The average Bonchev–Trinajstić information content (AvgIpc) is 2.34. The van der Waals surface area contributed by atoms with Gasteiger partial charge in [-0.1, -0.05) is 6.92 Å². The summed E-state index contributed by atoms with van der Waals surface area (Å²) in [4.78, 5) is 5.17. The van der Waals surface area contributed by atoms with Gasteiger partial charge in [0.1, 0.15) is 0 Å². The fraction of sp³-hybridized carbons (Fsp3) is 1.00. The van der Waals surface area contributed by atoms with Gasteiger partial charge in [0, 0.05) is 32.2 Å². The van der Waals surface area contributed by atoms with Crippen molar-refractivity contribution in [3.63, 3.8) is 0 Å². The molecule has 2 atom stereocenters. The van der Waals surface area contributed by atoms with Gasteiger partial charge < -0.3 is 10.0 Å². The van der Waals surface area contributed by atoms with E-state index in [0.717, 1.165) is 18.9 Å². The van der Waals surface area contributed by atoms with Crippen molar-refractivity contribution >= 4 is 0 Å². The van der Waals surface area contributed by atoms with Gasteiger partial charge in [-0.3, -0.25) is 4.90 Å². The highest BCUT2D eigenvalue weighted by Gasteiger charge is 2.19. The molecule has 3 nitrogen and oxygen atoms in total. The van der Waals surface area contributed by atoms with Crippen LogP contribution in [0.5, 0.6) is 0 Å². The second-order valence-corrected chi connectivity index (χ2v) is 5.48. The Bertz CT molecular complexity index is 189. The number of rotatable bonds is 7. The van der Waals surface area contributed by atoms with Crippen LogP contribution in [0.3, 0.4) is 0 Å². The van der Waals surface area contributed by atoms with E-state index in [1.165, 1.54) is 45.6 Å². The molecule has 0 saturated carbocycles. The predicted octanol–water partition coefficient (Wildman–Crippen LogP) is 1.95. The number of unbranched alkanes of at least 4 members (excludes halogenated alkanes) is 1. The predicted molar refractivity (Wildman–Crippen MR) is 73.3 cm³/mol. The maximum atomic E-state index is 9.19. The zero-order valence-electron chi connectivity index (χ0n) is 11.9. The van der Waals surface area contributed by atoms with E-state index in [4.69, 9.17) is 0 Å². The Morgan fingerprint density at radius 3 is 2.24 bits per heavy atom. The molecule has 1 aliphatic heterocycles. The Morgan fingerprint density at radius 1 is 1.06 bits per heavy atom. The monoisotopic (exact) mass is 242 g/mol. The van der Waals surface area contributed by atoms with Gasteiger partial charge >= 0.3 is 0 Å². The Kier molecular flexibility index (Phi) is 7.09. The zero-order chi connectivity index (χ0) is 12.7. The third kappa shape index (κ3) is 5.84. The van der Waals surface area contributed by atoms with Crippen molar-refractivity contribution in [1.82, 2.24) is 9.80 Å². The summed E-state index contributed by atoms with van der Waals surface area (Å²) in [5.41, 5.74) is 0. The van der Waals surface area contributed by atoms with Crippen molar-refractivity contribution in [3.8, 4) is 0 Å². The van der Waals surface area contributed by atoms with Crippen LogP contribution in [0.4, 0.5) is 0 Å². The molecule has 0 bridgehead atoms. The van der Waals surface area contributed by atoms with Gasteiger partial charge in [0.15, 0.2) is 0 Å². The largest absolute Gasteiger partial charge is 0.393 e. The lowest BCUT2D eigenvalue weighted by molar-refractivity contribution is 0.0981. The second kappa shape index (κ2) is 8.06. The number of aliphatic hydroxyl groups is 1. The molecular formula is C14H30N2O. The Labute approximate surface area is 107 Å². The van der Waals surface area contributed by atoms with E-state index < -0.39 is 0 Å². The molecule has 0 spiro atoms. The molecule has 1 saturated heterocycles. The van der Waals surface area contributed by atoms with E-state index in [1.54, 1.807) is 0 Å². The lowest BCUT2D eigenvalue weighted by Crippen LogP contribution is -2.49. The van der Waals surface area contributed by atoms with Crippen LogP contribution in [0.15, 0.2) is 0 Å². The van der Waals surface area contributed by atoms with Crippen molar-refractivity contribution in [2.24, 2.45) is 0 Å². The van der Waals surface area contributed by atoms with Crippen LogP contribution in [0.1, 0.15) is 46.5 Å². The highest BCUT2D eigenvalue weighted by Crippen LogP contribution is 2.10. The van der Waals surface area contributed by atoms with E-state index in [0.29, 0.717) is 0 Å². The molecule has 1 N–H and O–H groups in total. The van der Waals surface area contributed by atoms with Crippen LogP contribution in [-0.2, 0) is 0 Å². The van der Waals surface area contributed by atoms with Crippen molar-refractivity contribution < 1.29 is 5.11 Å². The van der Waals surface area contributed by atoms with Crippen LogP contribution in [0, 0.1) is 0 Å². The average molecular weight is 242 g/mol. The van der Waals surface area contributed by atoms with Crippen LogP contribution in [0.2, 0.25) is 0 Å². The van der Waals surface area contributed by atoms with Crippen molar-refractivity contribution in [2.45, 2.75) is 58.6 Å². The Hall–Kier alpha value is -0.120. The summed E-state index contributed by atoms with van der Waals surface area (Å²) >= 11 is 0. The molecule has 1 heterocycles. The third-order valence-corrected chi connectivity index (χ3v) is 3.97. The van der Waals surface area contributed by atoms with Crippen molar-refractivity contribution in [1.29, 1.82) is 0 Å². The lowest BCUT2D eigenvalue weighted by atomic mass is 10.1. The first kappa shape index (κ1) is 14.9. The van der Waals surface area contributed by atoms with E-state index in [9.17, 15) is 5.11 Å². The van der Waals surface area contributed by atoms with Gasteiger partial charge in [-0.15, -0.1) is 0 Å². The summed E-state index contributed by atoms with van der Waals surface area (Å²) in [7, 11) is 0. The first-order valence-electron chi connectivity index (χ1n) is 7.28. The van der Waals surface area contributed by atoms with Gasteiger partial charge in [0.2, 0.25) is 0 Å². The van der Waals surface area contributed by atoms with E-state index in [-0.39, 0.29) is 6.10 Å². The molecule has 0 aliphatic carbocycles. The molecule has 0 aromatic rings. The number of piperazine rings is 1. The maximum Gasteiger partial charge on any atom is 0.0512 e. The van der Waals surface area contributed by atoms with Gasteiger partial charge in [-0.25, -0.2) is 0 Å². The highest BCUT2D eigenvalue weighted by molar-refractivity contribution is 4.75. The quantitative estimate of drug-likeness (QED) is 0.691. The topological polar surface area (TPSA) is 26.7 Å². The van der Waals surface area contributed by atoms with Crippen LogP contribution >= 0.6 is 0 Å². The highest BCUT2D eigenvalue weighted by atomic mass is 16.3. The Morgan fingerprint density at radius 2 is 1.71 bits per heavy atom. The smallest absolute Gasteiger partial charge is 0.0512 e. The number of aliphatic hydroxyl groups excluding tert-OH is 1. The van der Waals surface area contributed by atoms with Gasteiger partial charge in [-0.05, 0) is 46.1 Å². The zero-order valence-corrected chi connectivity index (χ0v) is 11.9. The van der Waals surface area contributed by atoms with Gasteiger partial charge in [0.05, 0.1) is 6.10 Å². The number of hydrogen-bond acceptors (Lipinski definition) is 3. The minimum atomic E-state index is -0.128. The molecule has 1 aliphatic rings. The standard InChI is InChI=1S/C14H30N2O/c1-4-13(2)16-11-9-15(10-12-16)8-6-5-7-14(3)17/h13-14,17H,4-12H2,1-3H3. The molecule has 102 valence electrons. The van der Waals surface area contributed by atoms with E-state index >= 15 is 0 Å². The molecule has 1 fully saturated rings. The van der Waals surface area contributed by atoms with Gasteiger partial charge in [-0.2, -0.15) is 0 Å². The Balaban J connectivity index is 2.07. The van der Waals surface area contributed by atoms with E-state index in [1.807, 2.05) is 6.92 Å². The number of hydrogen-bond donors (Lipinski definition) is 1. The molecule has 1 rings (SSSR count). The summed E-state index contributed by atoms with van der Waals surface area (Å²) in [5, 5.41) is 9.19. The van der Waals surface area contributed by atoms with Crippen LogP contribution in [-0.4, -0.2) is 59.8 Å². The molecule has 2 unspecified atom stereocenters. The minimum absolute atomic E-state index is 0.128. The van der Waals surface area contributed by atoms with E-state index in [2.05, 4.69) is 23.6 Å². The molecule has 0 aromatic carbocycles. The number of nitrogens with zero attached hydrogens (tertiary/aromatic N) is 2. The van der Waals surface area contributed by atoms with Crippen LogP contribution in [0.25, 0.3) is 0 Å². The van der Waals surface area contributed by atoms with Crippen molar-refractivity contribution in [3.05, 3.63) is 0 Å². The van der Waals surface area contributed by atoms with Crippen molar-refractivity contribution in [2.75, 3.05) is 32.7 Å². The summed E-state index contributed by atoms with van der Waals surface area (Å²) in [5.74, 6) is 0. The molecular weight excluding hydrogens is 212 g/mol. The summed E-state index contributed by atoms with van der Waals surface area (Å²) in [6, 6.07) is 0.743. The first-order chi connectivity index (χ1) is 8.13. The summed E-state index contributed by atoms with van der Waals surface area (Å²) < 4.78 is 0. The molecule has 3 heteroatoms. The fourth-order valence-electron chi connectivity index (χ4n) is 2.46. The minimum Gasteiger partial charge on any atom is -0.393 e. The second-order valence-electron chi connectivity index (χ2n) is 5.48. The first-order valence-corrected chi connectivity index (χ1v) is 7.28.